The van der Waals surface area contributed by atoms with Crippen molar-refractivity contribution in [3.05, 3.63) is 59.7 Å². The van der Waals surface area contributed by atoms with Gasteiger partial charge in [0.25, 0.3) is 0 Å². The van der Waals surface area contributed by atoms with Crippen molar-refractivity contribution in [3.8, 4) is 11.1 Å². The first-order chi connectivity index (χ1) is 15.5. The summed E-state index contributed by atoms with van der Waals surface area (Å²) in [7, 11) is 4.20. The van der Waals surface area contributed by atoms with Crippen LogP contribution in [0, 0.1) is 5.41 Å². The third kappa shape index (κ3) is 4.92. The van der Waals surface area contributed by atoms with Gasteiger partial charge in [0.1, 0.15) is 0 Å². The molecule has 172 valence electrons. The molecule has 4 nitrogen and oxygen atoms in total. The Balaban J connectivity index is 1.53. The molecule has 0 unspecified atom stereocenters. The molecule has 0 aliphatic carbocycles. The molecular weight excluding hydrogens is 396 g/mol. The highest BCUT2D eigenvalue weighted by Gasteiger charge is 2.43. The summed E-state index contributed by atoms with van der Waals surface area (Å²) in [5.41, 5.74) is 4.83. The first-order valence-electron chi connectivity index (χ1n) is 12.2. The molecule has 2 fully saturated rings. The average Bonchev–Trinajstić information content (AvgIpc) is 2.84. The van der Waals surface area contributed by atoms with E-state index >= 15 is 0 Å². The fourth-order valence-electron chi connectivity index (χ4n) is 5.45. The van der Waals surface area contributed by atoms with Crippen molar-refractivity contribution in [1.82, 2.24) is 9.80 Å². The van der Waals surface area contributed by atoms with Crippen molar-refractivity contribution >= 4 is 5.91 Å². The summed E-state index contributed by atoms with van der Waals surface area (Å²) in [6, 6.07) is 17.9. The monoisotopic (exact) mass is 434 g/mol. The lowest BCUT2D eigenvalue weighted by Gasteiger charge is -2.43. The molecule has 0 N–H and O–H groups in total. The molecule has 0 radical (unpaired) electrons. The van der Waals surface area contributed by atoms with E-state index in [0.717, 1.165) is 51.6 Å². The maximum Gasteiger partial charge on any atom is 0.229 e. The van der Waals surface area contributed by atoms with Gasteiger partial charge in [0, 0.05) is 26.3 Å². The second-order valence-electron chi connectivity index (χ2n) is 9.73. The summed E-state index contributed by atoms with van der Waals surface area (Å²) < 4.78 is 5.68. The molecule has 0 aromatic heterocycles. The summed E-state index contributed by atoms with van der Waals surface area (Å²) in [4.78, 5) is 18.3. The Labute approximate surface area is 193 Å². The highest BCUT2D eigenvalue weighted by atomic mass is 16.5. The predicted molar refractivity (Wildman–Crippen MR) is 131 cm³/mol. The topological polar surface area (TPSA) is 32.8 Å². The van der Waals surface area contributed by atoms with Crippen LogP contribution in [0.3, 0.4) is 0 Å². The first kappa shape index (κ1) is 23.0. The van der Waals surface area contributed by atoms with E-state index in [0.29, 0.717) is 25.2 Å². The molecule has 2 aliphatic heterocycles. The average molecular weight is 435 g/mol. The first-order valence-corrected chi connectivity index (χ1v) is 12.2. The van der Waals surface area contributed by atoms with Crippen molar-refractivity contribution in [2.24, 2.45) is 5.41 Å². The number of nitrogens with zero attached hydrogens (tertiary/aromatic N) is 2. The molecule has 0 atom stereocenters. The molecule has 2 heterocycles. The second kappa shape index (κ2) is 10.2. The van der Waals surface area contributed by atoms with Crippen LogP contribution in [0.25, 0.3) is 11.1 Å². The van der Waals surface area contributed by atoms with Crippen LogP contribution in [0.15, 0.2) is 48.5 Å². The van der Waals surface area contributed by atoms with Crippen LogP contribution < -0.4 is 0 Å². The maximum absolute atomic E-state index is 13.8. The van der Waals surface area contributed by atoms with Crippen molar-refractivity contribution in [3.63, 3.8) is 0 Å². The number of likely N-dealkylation sites (tertiary alicyclic amines) is 1. The number of amides is 1. The van der Waals surface area contributed by atoms with Gasteiger partial charge in [-0.25, -0.2) is 0 Å². The number of ether oxygens (including phenoxy) is 1. The van der Waals surface area contributed by atoms with E-state index in [1.54, 1.807) is 0 Å². The van der Waals surface area contributed by atoms with Gasteiger partial charge in [0.05, 0.1) is 5.41 Å². The zero-order chi connectivity index (χ0) is 22.6. The van der Waals surface area contributed by atoms with Crippen LogP contribution in [-0.2, 0) is 22.4 Å². The zero-order valence-electron chi connectivity index (χ0n) is 20.0. The predicted octanol–water partition coefficient (Wildman–Crippen LogP) is 4.81. The van der Waals surface area contributed by atoms with Gasteiger partial charge < -0.3 is 14.5 Å². The van der Waals surface area contributed by atoms with Crippen LogP contribution in [0.2, 0.25) is 0 Å². The molecule has 0 saturated carbocycles. The molecule has 0 bridgehead atoms. The van der Waals surface area contributed by atoms with Crippen LogP contribution in [0.5, 0.6) is 0 Å². The maximum atomic E-state index is 13.8. The van der Waals surface area contributed by atoms with Crippen molar-refractivity contribution < 1.29 is 9.53 Å². The number of carbonyl (C=O) groups is 1. The molecule has 4 heteroatoms. The molecule has 2 aromatic carbocycles. The van der Waals surface area contributed by atoms with E-state index in [-0.39, 0.29) is 5.41 Å². The Bertz CT molecular complexity index is 894. The molecule has 2 aromatic rings. The van der Waals surface area contributed by atoms with Crippen LogP contribution >= 0.6 is 0 Å². The van der Waals surface area contributed by atoms with E-state index < -0.39 is 0 Å². The number of piperidine rings is 1. The van der Waals surface area contributed by atoms with Gasteiger partial charge in [-0.05, 0) is 80.9 Å². The third-order valence-corrected chi connectivity index (χ3v) is 7.67. The number of hydrogen-bond donors (Lipinski definition) is 0. The second-order valence-corrected chi connectivity index (χ2v) is 9.73. The summed E-state index contributed by atoms with van der Waals surface area (Å²) in [5, 5.41) is 0. The lowest BCUT2D eigenvalue weighted by Crippen LogP contribution is -2.52. The zero-order valence-corrected chi connectivity index (χ0v) is 20.0. The fraction of sp³-hybridized carbons (Fsp3) is 0.536. The molecular formula is C28H38N2O2. The third-order valence-electron chi connectivity index (χ3n) is 7.67. The number of rotatable bonds is 6. The molecule has 32 heavy (non-hydrogen) atoms. The summed E-state index contributed by atoms with van der Waals surface area (Å²) >= 11 is 0. The van der Waals surface area contributed by atoms with Gasteiger partial charge in [-0.3, -0.25) is 4.79 Å². The smallest absolute Gasteiger partial charge is 0.229 e. The van der Waals surface area contributed by atoms with E-state index in [2.05, 4.69) is 72.3 Å². The number of hydrogen-bond acceptors (Lipinski definition) is 3. The van der Waals surface area contributed by atoms with E-state index in [9.17, 15) is 4.79 Å². The molecule has 1 amide bonds. The van der Waals surface area contributed by atoms with Crippen molar-refractivity contribution in [2.45, 2.75) is 51.5 Å². The number of benzene rings is 2. The van der Waals surface area contributed by atoms with Crippen LogP contribution in [0.1, 0.15) is 43.7 Å². The Morgan fingerprint density at radius 2 is 1.72 bits per heavy atom. The van der Waals surface area contributed by atoms with Crippen LogP contribution in [0.4, 0.5) is 0 Å². The van der Waals surface area contributed by atoms with Gasteiger partial charge in [-0.1, -0.05) is 55.5 Å². The minimum absolute atomic E-state index is 0.316. The highest BCUT2D eigenvalue weighted by molar-refractivity contribution is 5.83. The summed E-state index contributed by atoms with van der Waals surface area (Å²) in [6.45, 7) is 5.69. The van der Waals surface area contributed by atoms with Crippen molar-refractivity contribution in [2.75, 3.05) is 40.4 Å². The Hall–Kier alpha value is -2.17. The molecule has 2 saturated heterocycles. The molecule has 2 aliphatic rings. The van der Waals surface area contributed by atoms with Gasteiger partial charge >= 0.3 is 0 Å². The van der Waals surface area contributed by atoms with E-state index in [1.807, 2.05) is 7.05 Å². The Morgan fingerprint density at radius 3 is 2.38 bits per heavy atom. The van der Waals surface area contributed by atoms with Gasteiger partial charge in [-0.2, -0.15) is 0 Å². The minimum atomic E-state index is -0.348. The van der Waals surface area contributed by atoms with Crippen LogP contribution in [-0.4, -0.2) is 62.1 Å². The molecule has 4 rings (SSSR count). The van der Waals surface area contributed by atoms with E-state index in [4.69, 9.17) is 4.74 Å². The Kier molecular flexibility index (Phi) is 7.32. The number of carbonyl (C=O) groups excluding carboxylic acids is 1. The van der Waals surface area contributed by atoms with Gasteiger partial charge in [0.15, 0.2) is 0 Å². The fourth-order valence-corrected chi connectivity index (χ4v) is 5.45. The highest BCUT2D eigenvalue weighted by Crippen LogP contribution is 2.38. The normalized spacial score (nSPS) is 19.6. The lowest BCUT2D eigenvalue weighted by molar-refractivity contribution is -0.149. The molecule has 0 spiro atoms. The summed E-state index contributed by atoms with van der Waals surface area (Å²) in [6.07, 6.45) is 5.57. The SMILES string of the molecule is CCc1ccccc1-c1ccc(CC2(C(=O)N(C)C3CCN(C)CC3)CCOCC2)cc1. The van der Waals surface area contributed by atoms with Crippen molar-refractivity contribution in [1.29, 1.82) is 0 Å². The van der Waals surface area contributed by atoms with Gasteiger partial charge in [0.2, 0.25) is 5.91 Å². The Morgan fingerprint density at radius 1 is 1.06 bits per heavy atom. The van der Waals surface area contributed by atoms with E-state index in [1.165, 1.54) is 22.3 Å². The largest absolute Gasteiger partial charge is 0.381 e. The number of aryl methyl sites for hydroxylation is 1. The quantitative estimate of drug-likeness (QED) is 0.654. The minimum Gasteiger partial charge on any atom is -0.381 e. The standard InChI is InChI=1S/C28H38N2O2/c1-4-23-7-5-6-8-26(23)24-11-9-22(10-12-24)21-28(15-19-32-20-16-28)27(31)30(3)25-13-17-29(2)18-14-25/h5-12,25H,4,13-21H2,1-3H3. The lowest BCUT2D eigenvalue weighted by atomic mass is 9.73. The van der Waals surface area contributed by atoms with Gasteiger partial charge in [-0.15, -0.1) is 0 Å². The summed E-state index contributed by atoms with van der Waals surface area (Å²) in [5.74, 6) is 0.316.